The van der Waals surface area contributed by atoms with Gasteiger partial charge in [-0.25, -0.2) is 0 Å². The number of hydrogen-bond donors (Lipinski definition) is 5. The molecule has 6 heteroatoms. The SMILES string of the molecule is NCCCCNCCCNC(=O)c1cccc(O)c1O. The molecule has 20 heavy (non-hydrogen) atoms. The number of aromatic hydroxyl groups is 2. The summed E-state index contributed by atoms with van der Waals surface area (Å²) in [7, 11) is 0. The van der Waals surface area contributed by atoms with Gasteiger partial charge in [0.25, 0.3) is 5.91 Å². The number of hydrogen-bond acceptors (Lipinski definition) is 5. The summed E-state index contributed by atoms with van der Waals surface area (Å²) < 4.78 is 0. The lowest BCUT2D eigenvalue weighted by Crippen LogP contribution is -2.27. The molecular weight excluding hydrogens is 258 g/mol. The van der Waals surface area contributed by atoms with Crippen LogP contribution in [-0.4, -0.2) is 42.3 Å². The van der Waals surface area contributed by atoms with Crippen LogP contribution >= 0.6 is 0 Å². The summed E-state index contributed by atoms with van der Waals surface area (Å²) in [5.41, 5.74) is 5.47. The minimum Gasteiger partial charge on any atom is -0.504 e. The second-order valence-corrected chi connectivity index (χ2v) is 4.53. The third kappa shape index (κ3) is 5.46. The van der Waals surface area contributed by atoms with Crippen LogP contribution in [0.5, 0.6) is 11.5 Å². The van der Waals surface area contributed by atoms with Crippen LogP contribution in [0.3, 0.4) is 0 Å². The number of carbonyl (C=O) groups is 1. The number of rotatable bonds is 9. The lowest BCUT2D eigenvalue weighted by atomic mass is 10.1. The highest BCUT2D eigenvalue weighted by Crippen LogP contribution is 2.27. The Balaban J connectivity index is 2.19. The van der Waals surface area contributed by atoms with E-state index in [-0.39, 0.29) is 23.0 Å². The van der Waals surface area contributed by atoms with E-state index in [2.05, 4.69) is 10.6 Å². The van der Waals surface area contributed by atoms with Crippen LogP contribution in [-0.2, 0) is 0 Å². The molecule has 0 aliphatic heterocycles. The highest BCUT2D eigenvalue weighted by atomic mass is 16.3. The number of nitrogens with two attached hydrogens (primary N) is 1. The molecule has 0 fully saturated rings. The van der Waals surface area contributed by atoms with Crippen molar-refractivity contribution in [3.05, 3.63) is 23.8 Å². The number of carbonyl (C=O) groups excluding carboxylic acids is 1. The Morgan fingerprint density at radius 3 is 2.60 bits per heavy atom. The number of nitrogens with one attached hydrogen (secondary N) is 2. The second-order valence-electron chi connectivity index (χ2n) is 4.53. The van der Waals surface area contributed by atoms with Gasteiger partial charge in [0, 0.05) is 6.54 Å². The topological polar surface area (TPSA) is 108 Å². The Hall–Kier alpha value is -1.79. The molecule has 0 radical (unpaired) electrons. The van der Waals surface area contributed by atoms with Crippen LogP contribution in [0, 0.1) is 0 Å². The zero-order valence-corrected chi connectivity index (χ0v) is 11.6. The molecule has 0 aromatic heterocycles. The van der Waals surface area contributed by atoms with E-state index in [4.69, 9.17) is 5.73 Å². The number of phenolic OH excluding ortho intramolecular Hbond substituents is 2. The van der Waals surface area contributed by atoms with Crippen molar-refractivity contribution >= 4 is 5.91 Å². The molecule has 0 bridgehead atoms. The number of para-hydroxylation sites is 1. The highest BCUT2D eigenvalue weighted by Gasteiger charge is 2.12. The number of amides is 1. The number of benzene rings is 1. The van der Waals surface area contributed by atoms with E-state index < -0.39 is 0 Å². The van der Waals surface area contributed by atoms with E-state index in [1.165, 1.54) is 18.2 Å². The molecule has 6 N–H and O–H groups in total. The molecule has 0 atom stereocenters. The van der Waals surface area contributed by atoms with Gasteiger partial charge < -0.3 is 26.6 Å². The van der Waals surface area contributed by atoms with Gasteiger partial charge in [-0.1, -0.05) is 6.07 Å². The Morgan fingerprint density at radius 1 is 1.10 bits per heavy atom. The van der Waals surface area contributed by atoms with Crippen LogP contribution < -0.4 is 16.4 Å². The van der Waals surface area contributed by atoms with Crippen molar-refractivity contribution in [1.29, 1.82) is 0 Å². The average molecular weight is 281 g/mol. The monoisotopic (exact) mass is 281 g/mol. The van der Waals surface area contributed by atoms with E-state index >= 15 is 0 Å². The predicted molar refractivity (Wildman–Crippen MR) is 77.9 cm³/mol. The fourth-order valence-corrected chi connectivity index (χ4v) is 1.74. The third-order valence-electron chi connectivity index (χ3n) is 2.88. The van der Waals surface area contributed by atoms with Gasteiger partial charge in [0.15, 0.2) is 11.5 Å². The van der Waals surface area contributed by atoms with Crippen molar-refractivity contribution in [2.75, 3.05) is 26.2 Å². The molecule has 0 aliphatic rings. The Labute approximate surface area is 119 Å². The fraction of sp³-hybridized carbons (Fsp3) is 0.500. The van der Waals surface area contributed by atoms with E-state index in [1.807, 2.05) is 0 Å². The molecule has 112 valence electrons. The summed E-state index contributed by atoms with van der Waals surface area (Å²) in [6, 6.07) is 4.32. The summed E-state index contributed by atoms with van der Waals surface area (Å²) in [5, 5.41) is 24.8. The molecule has 6 nitrogen and oxygen atoms in total. The van der Waals surface area contributed by atoms with Crippen molar-refractivity contribution in [3.63, 3.8) is 0 Å². The lowest BCUT2D eigenvalue weighted by molar-refractivity contribution is 0.0950. The standard InChI is InChI=1S/C14H23N3O3/c15-7-1-2-8-16-9-4-10-17-14(20)11-5-3-6-12(18)13(11)19/h3,5-6,16,18-19H,1-2,4,7-10,15H2,(H,17,20). The number of unbranched alkanes of at least 4 members (excludes halogenated alkanes) is 1. The molecule has 0 aliphatic carbocycles. The molecule has 0 spiro atoms. The van der Waals surface area contributed by atoms with Gasteiger partial charge >= 0.3 is 0 Å². The Bertz CT molecular complexity index is 424. The molecule has 0 saturated heterocycles. The normalized spacial score (nSPS) is 10.4. The molecule has 0 unspecified atom stereocenters. The minimum absolute atomic E-state index is 0.0842. The van der Waals surface area contributed by atoms with Crippen molar-refractivity contribution in [2.45, 2.75) is 19.3 Å². The maximum Gasteiger partial charge on any atom is 0.255 e. The highest BCUT2D eigenvalue weighted by molar-refractivity contribution is 5.97. The molecule has 1 aromatic carbocycles. The molecule has 0 saturated carbocycles. The van der Waals surface area contributed by atoms with Crippen molar-refractivity contribution in [3.8, 4) is 11.5 Å². The summed E-state index contributed by atoms with van der Waals surface area (Å²) in [6.07, 6.45) is 2.87. The van der Waals surface area contributed by atoms with E-state index in [1.54, 1.807) is 0 Å². The third-order valence-corrected chi connectivity index (χ3v) is 2.88. The predicted octanol–water partition coefficient (Wildman–Crippen LogP) is 0.546. The minimum atomic E-state index is -0.387. The van der Waals surface area contributed by atoms with Crippen LogP contribution in [0.1, 0.15) is 29.6 Å². The van der Waals surface area contributed by atoms with Gasteiger partial charge in [0.2, 0.25) is 0 Å². The first-order valence-electron chi connectivity index (χ1n) is 6.86. The first-order chi connectivity index (χ1) is 9.66. The van der Waals surface area contributed by atoms with Crippen LogP contribution in [0.4, 0.5) is 0 Å². The van der Waals surface area contributed by atoms with Crippen LogP contribution in [0.15, 0.2) is 18.2 Å². The summed E-state index contributed by atoms with van der Waals surface area (Å²) in [4.78, 5) is 11.8. The summed E-state index contributed by atoms with van der Waals surface area (Å²) in [5.74, 6) is -1.06. The molecule has 0 heterocycles. The van der Waals surface area contributed by atoms with Gasteiger partial charge in [0.1, 0.15) is 0 Å². The summed E-state index contributed by atoms with van der Waals surface area (Å²) in [6.45, 7) is 2.97. The molecule has 1 amide bonds. The van der Waals surface area contributed by atoms with E-state index in [0.29, 0.717) is 13.1 Å². The maximum atomic E-state index is 11.8. The molecular formula is C14H23N3O3. The van der Waals surface area contributed by atoms with Gasteiger partial charge in [-0.05, 0) is 51.0 Å². The molecule has 1 aromatic rings. The first kappa shape index (κ1) is 16.3. The Morgan fingerprint density at radius 2 is 1.85 bits per heavy atom. The quantitative estimate of drug-likeness (QED) is 0.335. The van der Waals surface area contributed by atoms with Crippen molar-refractivity contribution < 1.29 is 15.0 Å². The van der Waals surface area contributed by atoms with Crippen molar-refractivity contribution in [1.82, 2.24) is 10.6 Å². The maximum absolute atomic E-state index is 11.8. The van der Waals surface area contributed by atoms with E-state index in [0.717, 1.165) is 32.4 Å². The van der Waals surface area contributed by atoms with Gasteiger partial charge in [-0.3, -0.25) is 4.79 Å². The van der Waals surface area contributed by atoms with E-state index in [9.17, 15) is 15.0 Å². The second kappa shape index (κ2) is 9.17. The van der Waals surface area contributed by atoms with Gasteiger partial charge in [-0.15, -0.1) is 0 Å². The van der Waals surface area contributed by atoms with Gasteiger partial charge in [-0.2, -0.15) is 0 Å². The van der Waals surface area contributed by atoms with Crippen molar-refractivity contribution in [2.24, 2.45) is 5.73 Å². The van der Waals surface area contributed by atoms with Crippen LogP contribution in [0.25, 0.3) is 0 Å². The first-order valence-corrected chi connectivity index (χ1v) is 6.86. The lowest BCUT2D eigenvalue weighted by Gasteiger charge is -2.08. The van der Waals surface area contributed by atoms with Crippen LogP contribution in [0.2, 0.25) is 0 Å². The molecule has 1 rings (SSSR count). The average Bonchev–Trinajstić information content (AvgIpc) is 2.44. The zero-order valence-electron chi connectivity index (χ0n) is 11.6. The largest absolute Gasteiger partial charge is 0.504 e. The fourth-order valence-electron chi connectivity index (χ4n) is 1.74. The number of phenols is 2. The van der Waals surface area contributed by atoms with Gasteiger partial charge in [0.05, 0.1) is 5.56 Å². The summed E-state index contributed by atoms with van der Waals surface area (Å²) >= 11 is 0. The smallest absolute Gasteiger partial charge is 0.255 e. The Kier molecular flexibility index (Phi) is 7.46. The zero-order chi connectivity index (χ0) is 14.8.